The molecule has 0 spiro atoms. The van der Waals surface area contributed by atoms with Gasteiger partial charge in [0.2, 0.25) is 0 Å². The Bertz CT molecular complexity index is 723. The van der Waals surface area contributed by atoms with Crippen molar-refractivity contribution in [3.8, 4) is 0 Å². The normalized spacial score (nSPS) is 12.4. The zero-order chi connectivity index (χ0) is 19.1. The third-order valence-corrected chi connectivity index (χ3v) is 4.69. The Balaban J connectivity index is 0.00000364. The fourth-order valence-electron chi connectivity index (χ4n) is 3.40. The summed E-state index contributed by atoms with van der Waals surface area (Å²) in [5, 5.41) is 1.81. The largest absolute Gasteiger partial charge is 0.302 e. The number of rotatable bonds is 8. The van der Waals surface area contributed by atoms with Crippen molar-refractivity contribution in [3.05, 3.63) is 82.4 Å². The maximum Gasteiger partial charge on any atom is 0.129 e. The lowest BCUT2D eigenvalue weighted by atomic mass is 9.85. The molecule has 0 radical (unpaired) electrons. The molecule has 0 aromatic heterocycles. The van der Waals surface area contributed by atoms with Crippen molar-refractivity contribution < 1.29 is 13.6 Å². The van der Waals surface area contributed by atoms with Gasteiger partial charge < -0.3 is 4.84 Å². The van der Waals surface area contributed by atoms with Gasteiger partial charge in [-0.15, -0.1) is 12.4 Å². The van der Waals surface area contributed by atoms with Crippen LogP contribution in [-0.4, -0.2) is 25.3 Å². The fraction of sp³-hybridized carbons (Fsp3) is 0.364. The molecule has 0 aliphatic rings. The smallest absolute Gasteiger partial charge is 0.129 e. The molecule has 0 bridgehead atoms. The first-order valence-electron chi connectivity index (χ1n) is 8.87. The zero-order valence-corrected chi connectivity index (χ0v) is 17.2. The van der Waals surface area contributed by atoms with Gasteiger partial charge in [0, 0.05) is 24.6 Å². The minimum absolute atomic E-state index is 0. The molecule has 2 rings (SSSR count). The Morgan fingerprint density at radius 1 is 1.04 bits per heavy atom. The highest BCUT2D eigenvalue weighted by Gasteiger charge is 2.23. The first kappa shape index (κ1) is 23.3. The molecule has 0 amide bonds. The Morgan fingerprint density at radius 2 is 1.59 bits per heavy atom. The van der Waals surface area contributed by atoms with Crippen LogP contribution in [0.5, 0.6) is 0 Å². The van der Waals surface area contributed by atoms with Crippen LogP contribution in [0.15, 0.2) is 48.6 Å². The number of allylic oxidation sites excluding steroid dienone is 1. The van der Waals surface area contributed by atoms with Gasteiger partial charge in [-0.3, -0.25) is 0 Å². The van der Waals surface area contributed by atoms with Crippen LogP contribution in [-0.2, 0) is 11.3 Å². The first-order valence-corrected chi connectivity index (χ1v) is 8.87. The molecular weight excluding hydrogens is 368 g/mol. The van der Waals surface area contributed by atoms with Gasteiger partial charge >= 0.3 is 0 Å². The molecule has 1 atom stereocenters. The minimum atomic E-state index is -0.501. The summed E-state index contributed by atoms with van der Waals surface area (Å²) in [5.41, 5.74) is 3.49. The highest BCUT2D eigenvalue weighted by Crippen LogP contribution is 2.30. The zero-order valence-electron chi connectivity index (χ0n) is 16.3. The summed E-state index contributed by atoms with van der Waals surface area (Å²) in [6.07, 6.45) is 4.23. The number of aryl methyl sites for hydroxylation is 2. The third kappa shape index (κ3) is 6.13. The topological polar surface area (TPSA) is 12.5 Å². The van der Waals surface area contributed by atoms with Crippen LogP contribution in [0, 0.1) is 25.5 Å². The van der Waals surface area contributed by atoms with Gasteiger partial charge in [-0.25, -0.2) is 8.78 Å². The molecule has 1 unspecified atom stereocenters. The van der Waals surface area contributed by atoms with E-state index in [0.29, 0.717) is 13.1 Å². The quantitative estimate of drug-likeness (QED) is 0.415. The maximum absolute atomic E-state index is 14.3. The average molecular weight is 396 g/mol. The highest BCUT2D eigenvalue weighted by molar-refractivity contribution is 5.85. The van der Waals surface area contributed by atoms with Crippen LogP contribution in [0.1, 0.15) is 35.1 Å². The molecule has 5 heteroatoms. The standard InChI is InChI=1S/C22H27F2NO.ClH/c1-5-6-13-25(26-4)15-18(22-16(2)9-7-10-17(22)3)14-19-20(23)11-8-12-21(19)24;/h5-12,18H,13-15H2,1-4H3;1H. The lowest BCUT2D eigenvalue weighted by Gasteiger charge is -2.27. The average Bonchev–Trinajstić information content (AvgIpc) is 2.61. The van der Waals surface area contributed by atoms with Crippen molar-refractivity contribution >= 4 is 12.4 Å². The highest BCUT2D eigenvalue weighted by atomic mass is 35.5. The Morgan fingerprint density at radius 3 is 2.11 bits per heavy atom. The number of hydrogen-bond donors (Lipinski definition) is 0. The van der Waals surface area contributed by atoms with E-state index >= 15 is 0 Å². The van der Waals surface area contributed by atoms with Crippen LogP contribution in [0.2, 0.25) is 0 Å². The van der Waals surface area contributed by atoms with E-state index in [2.05, 4.69) is 0 Å². The lowest BCUT2D eigenvalue weighted by molar-refractivity contribution is -0.125. The molecule has 0 fully saturated rings. The van der Waals surface area contributed by atoms with E-state index in [1.807, 2.05) is 56.2 Å². The van der Waals surface area contributed by atoms with Crippen molar-refractivity contribution in [3.63, 3.8) is 0 Å². The second-order valence-corrected chi connectivity index (χ2v) is 6.51. The van der Waals surface area contributed by atoms with Gasteiger partial charge in [0.15, 0.2) is 0 Å². The Hall–Kier alpha value is -1.75. The maximum atomic E-state index is 14.3. The van der Waals surface area contributed by atoms with E-state index in [9.17, 15) is 8.78 Å². The van der Waals surface area contributed by atoms with Gasteiger partial charge in [-0.1, -0.05) is 36.4 Å². The number of hydrogen-bond acceptors (Lipinski definition) is 2. The first-order chi connectivity index (χ1) is 12.5. The summed E-state index contributed by atoms with van der Waals surface area (Å²) in [4.78, 5) is 5.48. The van der Waals surface area contributed by atoms with E-state index in [0.717, 1.165) is 16.7 Å². The second kappa shape index (κ2) is 11.2. The van der Waals surface area contributed by atoms with Crippen LogP contribution in [0.25, 0.3) is 0 Å². The fourth-order valence-corrected chi connectivity index (χ4v) is 3.40. The summed E-state index contributed by atoms with van der Waals surface area (Å²) in [7, 11) is 1.62. The minimum Gasteiger partial charge on any atom is -0.302 e. The summed E-state index contributed by atoms with van der Waals surface area (Å²) >= 11 is 0. The molecule has 0 N–H and O–H groups in total. The van der Waals surface area contributed by atoms with Gasteiger partial charge in [0.25, 0.3) is 0 Å². The molecule has 148 valence electrons. The molecule has 27 heavy (non-hydrogen) atoms. The molecule has 2 nitrogen and oxygen atoms in total. The molecule has 0 aliphatic heterocycles. The Labute approximate surface area is 167 Å². The number of halogens is 3. The molecule has 0 heterocycles. The van der Waals surface area contributed by atoms with Crippen LogP contribution in [0.4, 0.5) is 8.78 Å². The summed E-state index contributed by atoms with van der Waals surface area (Å²) in [5.74, 6) is -1.09. The molecule has 2 aromatic carbocycles. The van der Waals surface area contributed by atoms with Crippen molar-refractivity contribution in [2.45, 2.75) is 33.1 Å². The van der Waals surface area contributed by atoms with E-state index in [1.54, 1.807) is 7.11 Å². The predicted octanol–water partition coefficient (Wildman–Crippen LogP) is 5.77. The lowest BCUT2D eigenvalue weighted by Crippen LogP contribution is -2.30. The summed E-state index contributed by atoms with van der Waals surface area (Å²) < 4.78 is 28.5. The van der Waals surface area contributed by atoms with Crippen LogP contribution < -0.4 is 0 Å². The van der Waals surface area contributed by atoms with Crippen molar-refractivity contribution in [1.82, 2.24) is 5.06 Å². The molecule has 0 aliphatic carbocycles. The van der Waals surface area contributed by atoms with E-state index < -0.39 is 11.6 Å². The van der Waals surface area contributed by atoms with Gasteiger partial charge in [-0.2, -0.15) is 5.06 Å². The van der Waals surface area contributed by atoms with Crippen LogP contribution in [0.3, 0.4) is 0 Å². The molecular formula is C22H28ClF2NO. The van der Waals surface area contributed by atoms with Gasteiger partial charge in [0.05, 0.1) is 7.11 Å². The summed E-state index contributed by atoms with van der Waals surface area (Å²) in [6.45, 7) is 7.19. The van der Waals surface area contributed by atoms with Crippen molar-refractivity contribution in [2.24, 2.45) is 0 Å². The molecule has 0 saturated heterocycles. The third-order valence-electron chi connectivity index (χ3n) is 4.69. The van der Waals surface area contributed by atoms with Crippen molar-refractivity contribution in [2.75, 3.05) is 20.2 Å². The van der Waals surface area contributed by atoms with E-state index in [4.69, 9.17) is 4.84 Å². The van der Waals surface area contributed by atoms with Gasteiger partial charge in [0.1, 0.15) is 11.6 Å². The second-order valence-electron chi connectivity index (χ2n) is 6.51. The predicted molar refractivity (Wildman–Crippen MR) is 109 cm³/mol. The Kier molecular flexibility index (Phi) is 9.64. The summed E-state index contributed by atoms with van der Waals surface area (Å²) in [6, 6.07) is 10.1. The van der Waals surface area contributed by atoms with E-state index in [-0.39, 0.29) is 30.3 Å². The van der Waals surface area contributed by atoms with Gasteiger partial charge in [-0.05, 0) is 56.0 Å². The molecule has 0 saturated carbocycles. The van der Waals surface area contributed by atoms with E-state index in [1.165, 1.54) is 18.2 Å². The SMILES string of the molecule is CC=CCN(CC(Cc1c(F)cccc1F)c1c(C)cccc1C)OC.Cl. The molecule has 2 aromatic rings. The van der Waals surface area contributed by atoms with Crippen LogP contribution >= 0.6 is 12.4 Å². The number of hydroxylamine groups is 2. The monoisotopic (exact) mass is 395 g/mol. The van der Waals surface area contributed by atoms with Crippen molar-refractivity contribution in [1.29, 1.82) is 0 Å². The number of benzene rings is 2. The number of nitrogens with zero attached hydrogens (tertiary/aromatic N) is 1.